The quantitative estimate of drug-likeness (QED) is 0.846. The van der Waals surface area contributed by atoms with Crippen LogP contribution in [0.3, 0.4) is 0 Å². The molecule has 2 heteroatoms. The Kier molecular flexibility index (Phi) is 3.99. The van der Waals surface area contributed by atoms with E-state index in [9.17, 15) is 10.2 Å². The summed E-state index contributed by atoms with van der Waals surface area (Å²) >= 11 is 0. The van der Waals surface area contributed by atoms with Gasteiger partial charge < -0.3 is 10.2 Å². The van der Waals surface area contributed by atoms with Crippen molar-refractivity contribution in [2.45, 2.75) is 39.5 Å². The Hall–Kier alpha value is -1.96. The number of phenols is 2. The maximum atomic E-state index is 9.57. The monoisotopic (exact) mass is 284 g/mol. The van der Waals surface area contributed by atoms with Crippen LogP contribution in [-0.4, -0.2) is 10.2 Å². The molecule has 0 saturated carbocycles. The second-order valence-corrected chi connectivity index (χ2v) is 6.60. The molecule has 0 atom stereocenters. The second-order valence-electron chi connectivity index (χ2n) is 6.60. The second kappa shape index (κ2) is 5.44. The molecule has 2 nitrogen and oxygen atoms in total. The van der Waals surface area contributed by atoms with E-state index in [0.717, 1.165) is 6.42 Å². The van der Waals surface area contributed by atoms with Gasteiger partial charge in [-0.3, -0.25) is 0 Å². The van der Waals surface area contributed by atoms with E-state index in [1.165, 1.54) is 11.1 Å². The van der Waals surface area contributed by atoms with Gasteiger partial charge in [0.15, 0.2) is 0 Å². The lowest BCUT2D eigenvalue weighted by Crippen LogP contribution is -2.40. The summed E-state index contributed by atoms with van der Waals surface area (Å²) in [6.45, 7) is 8.88. The largest absolute Gasteiger partial charge is 0.508 e. The van der Waals surface area contributed by atoms with Crippen molar-refractivity contribution in [3.05, 3.63) is 59.7 Å². The van der Waals surface area contributed by atoms with Crippen LogP contribution in [0.15, 0.2) is 48.5 Å². The van der Waals surface area contributed by atoms with E-state index >= 15 is 0 Å². The third kappa shape index (κ3) is 2.63. The highest BCUT2D eigenvalue weighted by Crippen LogP contribution is 2.49. The molecule has 0 aliphatic heterocycles. The highest BCUT2D eigenvalue weighted by molar-refractivity contribution is 5.44. The Morgan fingerprint density at radius 1 is 0.714 bits per heavy atom. The number of benzene rings is 2. The molecule has 2 N–H and O–H groups in total. The van der Waals surface area contributed by atoms with Gasteiger partial charge in [-0.05, 0) is 47.2 Å². The predicted octanol–water partition coefficient (Wildman–Crippen LogP) is 4.84. The van der Waals surface area contributed by atoms with Crippen molar-refractivity contribution < 1.29 is 10.2 Å². The molecule has 112 valence electrons. The molecule has 0 heterocycles. The van der Waals surface area contributed by atoms with Gasteiger partial charge in [-0.1, -0.05) is 52.0 Å². The summed E-state index contributed by atoms with van der Waals surface area (Å²) in [5.41, 5.74) is 2.19. The number of hydrogen-bond donors (Lipinski definition) is 2. The molecule has 0 aliphatic carbocycles. The maximum absolute atomic E-state index is 9.57. The lowest BCUT2D eigenvalue weighted by atomic mass is 9.58. The molecular weight excluding hydrogens is 260 g/mol. The fourth-order valence-corrected chi connectivity index (χ4v) is 3.46. The summed E-state index contributed by atoms with van der Waals surface area (Å²) in [6.07, 6.45) is 0.937. The topological polar surface area (TPSA) is 40.5 Å². The Morgan fingerprint density at radius 3 is 1.29 bits per heavy atom. The first kappa shape index (κ1) is 15.4. The van der Waals surface area contributed by atoms with Crippen LogP contribution in [0.5, 0.6) is 11.5 Å². The molecule has 0 spiro atoms. The van der Waals surface area contributed by atoms with Gasteiger partial charge in [0.2, 0.25) is 0 Å². The molecule has 0 unspecified atom stereocenters. The Balaban J connectivity index is 2.69. The van der Waals surface area contributed by atoms with Crippen molar-refractivity contribution >= 4 is 0 Å². The van der Waals surface area contributed by atoms with Crippen molar-refractivity contribution in [1.82, 2.24) is 0 Å². The molecule has 0 radical (unpaired) electrons. The minimum Gasteiger partial charge on any atom is -0.508 e. The summed E-state index contributed by atoms with van der Waals surface area (Å²) in [5.74, 6) is 0.562. The maximum Gasteiger partial charge on any atom is 0.115 e. The minimum absolute atomic E-state index is 0.00427. The van der Waals surface area contributed by atoms with Crippen LogP contribution in [-0.2, 0) is 5.41 Å². The Morgan fingerprint density at radius 2 is 1.05 bits per heavy atom. The normalized spacial score (nSPS) is 12.4. The average Bonchev–Trinajstić information content (AvgIpc) is 2.42. The van der Waals surface area contributed by atoms with Gasteiger partial charge >= 0.3 is 0 Å². The van der Waals surface area contributed by atoms with E-state index in [0.29, 0.717) is 0 Å². The molecule has 2 aromatic carbocycles. The predicted molar refractivity (Wildman–Crippen MR) is 86.7 cm³/mol. The van der Waals surface area contributed by atoms with Gasteiger partial charge in [0, 0.05) is 5.41 Å². The third-order valence-electron chi connectivity index (χ3n) is 4.53. The van der Waals surface area contributed by atoms with Crippen LogP contribution in [0.2, 0.25) is 0 Å². The smallest absolute Gasteiger partial charge is 0.115 e. The minimum atomic E-state index is -0.172. The molecule has 0 amide bonds. The van der Waals surface area contributed by atoms with Crippen LogP contribution < -0.4 is 0 Å². The van der Waals surface area contributed by atoms with Gasteiger partial charge in [0.05, 0.1) is 0 Å². The lowest BCUT2D eigenvalue weighted by molar-refractivity contribution is 0.220. The van der Waals surface area contributed by atoms with Crippen molar-refractivity contribution in [2.75, 3.05) is 0 Å². The van der Waals surface area contributed by atoms with E-state index < -0.39 is 0 Å². The Labute approximate surface area is 127 Å². The zero-order valence-electron chi connectivity index (χ0n) is 13.2. The molecule has 0 aromatic heterocycles. The summed E-state index contributed by atoms with van der Waals surface area (Å²) in [6, 6.07) is 15.0. The molecule has 2 aromatic rings. The molecule has 0 saturated heterocycles. The van der Waals surface area contributed by atoms with Crippen molar-refractivity contribution in [3.8, 4) is 11.5 Å². The number of aromatic hydroxyl groups is 2. The first-order chi connectivity index (χ1) is 9.81. The first-order valence-electron chi connectivity index (χ1n) is 7.40. The number of hydrogen-bond acceptors (Lipinski definition) is 2. The molecular formula is C19H24O2. The highest BCUT2D eigenvalue weighted by Gasteiger charge is 2.43. The average molecular weight is 284 g/mol. The summed E-state index contributed by atoms with van der Waals surface area (Å²) in [5, 5.41) is 19.1. The lowest BCUT2D eigenvalue weighted by Gasteiger charge is -2.46. The van der Waals surface area contributed by atoms with E-state index in [1.54, 1.807) is 24.3 Å². The van der Waals surface area contributed by atoms with Crippen molar-refractivity contribution in [1.29, 1.82) is 0 Å². The highest BCUT2D eigenvalue weighted by atomic mass is 16.3. The zero-order valence-corrected chi connectivity index (χ0v) is 13.2. The summed E-state index contributed by atoms with van der Waals surface area (Å²) in [7, 11) is 0. The first-order valence-corrected chi connectivity index (χ1v) is 7.40. The molecule has 21 heavy (non-hydrogen) atoms. The van der Waals surface area contributed by atoms with E-state index in [2.05, 4.69) is 27.7 Å². The van der Waals surface area contributed by atoms with Crippen LogP contribution in [0, 0.1) is 5.41 Å². The van der Waals surface area contributed by atoms with Crippen molar-refractivity contribution in [2.24, 2.45) is 5.41 Å². The standard InChI is InChI=1S/C19H24O2/c1-5-19(18(2,3)4,14-6-10-16(20)11-7-14)15-8-12-17(21)13-9-15/h6-13,20-21H,5H2,1-4H3. The van der Waals surface area contributed by atoms with Gasteiger partial charge in [-0.2, -0.15) is 0 Å². The molecule has 2 rings (SSSR count). The fraction of sp³-hybridized carbons (Fsp3) is 0.368. The molecule has 0 fully saturated rings. The van der Waals surface area contributed by atoms with E-state index in [4.69, 9.17) is 0 Å². The number of rotatable bonds is 3. The van der Waals surface area contributed by atoms with Gasteiger partial charge in [-0.25, -0.2) is 0 Å². The molecule has 0 aliphatic rings. The zero-order chi connectivity index (χ0) is 15.7. The summed E-state index contributed by atoms with van der Waals surface area (Å²) < 4.78 is 0. The van der Waals surface area contributed by atoms with Crippen molar-refractivity contribution in [3.63, 3.8) is 0 Å². The van der Waals surface area contributed by atoms with Crippen LogP contribution in [0.25, 0.3) is 0 Å². The molecule has 0 bridgehead atoms. The van der Waals surface area contributed by atoms with E-state index in [-0.39, 0.29) is 22.3 Å². The van der Waals surface area contributed by atoms with Crippen LogP contribution >= 0.6 is 0 Å². The SMILES string of the molecule is CCC(c1ccc(O)cc1)(c1ccc(O)cc1)C(C)(C)C. The summed E-state index contributed by atoms with van der Waals surface area (Å²) in [4.78, 5) is 0. The van der Waals surface area contributed by atoms with E-state index in [1.807, 2.05) is 24.3 Å². The Bertz CT molecular complexity index is 543. The third-order valence-corrected chi connectivity index (χ3v) is 4.53. The van der Waals surface area contributed by atoms with Gasteiger partial charge in [0.1, 0.15) is 11.5 Å². The number of phenolic OH excluding ortho intramolecular Hbond substituents is 2. The fourth-order valence-electron chi connectivity index (χ4n) is 3.46. The van der Waals surface area contributed by atoms with Gasteiger partial charge in [0.25, 0.3) is 0 Å². The van der Waals surface area contributed by atoms with Crippen LogP contribution in [0.1, 0.15) is 45.2 Å². The van der Waals surface area contributed by atoms with Crippen LogP contribution in [0.4, 0.5) is 0 Å². The van der Waals surface area contributed by atoms with Gasteiger partial charge in [-0.15, -0.1) is 0 Å².